The molecule has 5 rings (SSSR count). The molecule has 0 saturated heterocycles. The predicted molar refractivity (Wildman–Crippen MR) is 162 cm³/mol. The molecule has 1 aliphatic heterocycles. The summed E-state index contributed by atoms with van der Waals surface area (Å²) in [7, 11) is 0. The third-order valence-corrected chi connectivity index (χ3v) is 7.20. The summed E-state index contributed by atoms with van der Waals surface area (Å²) in [5.74, 6) is 0.976. The molecule has 0 unspecified atom stereocenters. The quantitative estimate of drug-likeness (QED) is 0.124. The van der Waals surface area contributed by atoms with E-state index in [9.17, 15) is 14.4 Å². The fraction of sp³-hybridized carbons (Fsp3) is 0.121. The van der Waals surface area contributed by atoms with Gasteiger partial charge >= 0.3 is 0 Å². The van der Waals surface area contributed by atoms with Gasteiger partial charge in [-0.15, -0.1) is 11.8 Å². The van der Waals surface area contributed by atoms with E-state index in [1.54, 1.807) is 78.9 Å². The molecule has 1 aliphatic rings. The van der Waals surface area contributed by atoms with Gasteiger partial charge < -0.3 is 24.8 Å². The molecule has 0 fully saturated rings. The number of hydrogen-bond donors (Lipinski definition) is 2. The van der Waals surface area contributed by atoms with Gasteiger partial charge in [-0.25, -0.2) is 0 Å². The second-order valence-electron chi connectivity index (χ2n) is 9.11. The predicted octanol–water partition coefficient (Wildman–Crippen LogP) is 6.20. The van der Waals surface area contributed by atoms with Crippen LogP contribution in [0.3, 0.4) is 0 Å². The van der Waals surface area contributed by atoms with Gasteiger partial charge in [-0.3, -0.25) is 14.4 Å². The molecule has 4 aromatic rings. The first-order chi connectivity index (χ1) is 20.5. The number of ketones is 1. The first-order valence-corrected chi connectivity index (χ1v) is 14.3. The molecule has 42 heavy (non-hydrogen) atoms. The number of ether oxygens (including phenoxy) is 3. The number of anilines is 1. The third kappa shape index (κ3) is 7.18. The molecule has 212 valence electrons. The van der Waals surface area contributed by atoms with Crippen molar-refractivity contribution in [3.63, 3.8) is 0 Å². The van der Waals surface area contributed by atoms with E-state index in [1.165, 1.54) is 11.8 Å². The number of rotatable bonds is 11. The number of Topliss-reactive ketones (excluding diaryl/α,β-unsaturated/α-hetero) is 1. The maximum atomic E-state index is 13.5. The van der Waals surface area contributed by atoms with Gasteiger partial charge in [-0.1, -0.05) is 42.5 Å². The molecule has 0 bridgehead atoms. The number of thioether (sulfide) groups is 1. The van der Waals surface area contributed by atoms with Crippen molar-refractivity contribution in [1.82, 2.24) is 5.32 Å². The number of benzene rings is 4. The number of carbonyl (C=O) groups is 3. The van der Waals surface area contributed by atoms with Gasteiger partial charge in [0.05, 0.1) is 12.4 Å². The van der Waals surface area contributed by atoms with Crippen LogP contribution in [-0.4, -0.2) is 36.8 Å². The van der Waals surface area contributed by atoms with Gasteiger partial charge in [-0.05, 0) is 67.6 Å². The third-order valence-electron chi connectivity index (χ3n) is 6.20. The highest BCUT2D eigenvalue weighted by molar-refractivity contribution is 8.00. The fourth-order valence-electron chi connectivity index (χ4n) is 4.15. The van der Waals surface area contributed by atoms with Crippen molar-refractivity contribution < 1.29 is 28.6 Å². The van der Waals surface area contributed by atoms with Gasteiger partial charge in [0.2, 0.25) is 6.79 Å². The van der Waals surface area contributed by atoms with Crippen LogP contribution in [-0.2, 0) is 4.79 Å². The van der Waals surface area contributed by atoms with E-state index in [4.69, 9.17) is 14.2 Å². The van der Waals surface area contributed by atoms with Gasteiger partial charge in [-0.2, -0.15) is 0 Å². The highest BCUT2D eigenvalue weighted by Gasteiger charge is 2.18. The Morgan fingerprint density at radius 3 is 2.48 bits per heavy atom. The van der Waals surface area contributed by atoms with Crippen molar-refractivity contribution in [2.45, 2.75) is 11.8 Å². The summed E-state index contributed by atoms with van der Waals surface area (Å²) in [4.78, 5) is 40.1. The van der Waals surface area contributed by atoms with E-state index in [0.717, 1.165) is 4.90 Å². The molecule has 1 heterocycles. The van der Waals surface area contributed by atoms with Crippen molar-refractivity contribution in [2.75, 3.05) is 24.5 Å². The Morgan fingerprint density at radius 1 is 0.857 bits per heavy atom. The molecule has 0 saturated carbocycles. The van der Waals surface area contributed by atoms with Crippen molar-refractivity contribution in [3.8, 4) is 17.2 Å². The van der Waals surface area contributed by atoms with Crippen LogP contribution >= 0.6 is 11.8 Å². The van der Waals surface area contributed by atoms with Crippen LogP contribution in [0.2, 0.25) is 0 Å². The molecule has 2 N–H and O–H groups in total. The Morgan fingerprint density at radius 2 is 1.64 bits per heavy atom. The smallest absolute Gasteiger partial charge is 0.272 e. The number of hydrogen-bond acceptors (Lipinski definition) is 7. The van der Waals surface area contributed by atoms with E-state index >= 15 is 0 Å². The lowest BCUT2D eigenvalue weighted by Crippen LogP contribution is -2.30. The topological polar surface area (TPSA) is 103 Å². The molecule has 0 radical (unpaired) electrons. The number of fused-ring (bicyclic) bond motifs is 1. The van der Waals surface area contributed by atoms with Crippen LogP contribution in [0.1, 0.15) is 33.2 Å². The van der Waals surface area contributed by atoms with Crippen molar-refractivity contribution in [1.29, 1.82) is 0 Å². The first kappa shape index (κ1) is 28.5. The lowest BCUT2D eigenvalue weighted by molar-refractivity contribution is -0.113. The molecular formula is C33H28N2O6S. The zero-order valence-corrected chi connectivity index (χ0v) is 23.6. The van der Waals surface area contributed by atoms with Crippen molar-refractivity contribution in [2.24, 2.45) is 0 Å². The number of para-hydroxylation sites is 1. The van der Waals surface area contributed by atoms with Gasteiger partial charge in [0.25, 0.3) is 11.8 Å². The SMILES string of the molecule is CCOc1ccccc1/C=C(\NC(=O)c1ccccc1)C(=O)Nc1cccc(SCC(=O)c2ccc3c(c2)OCO3)c1. The van der Waals surface area contributed by atoms with Crippen molar-refractivity contribution >= 4 is 41.1 Å². The average Bonchev–Trinajstić information content (AvgIpc) is 3.49. The minimum Gasteiger partial charge on any atom is -0.493 e. The van der Waals surface area contributed by atoms with E-state index in [1.807, 2.05) is 31.2 Å². The Hall–Kier alpha value is -5.02. The van der Waals surface area contributed by atoms with Crippen LogP contribution < -0.4 is 24.8 Å². The second kappa shape index (κ2) is 13.6. The summed E-state index contributed by atoms with van der Waals surface area (Å²) in [6, 6.07) is 28.2. The Balaban J connectivity index is 1.31. The highest BCUT2D eigenvalue weighted by Crippen LogP contribution is 2.33. The van der Waals surface area contributed by atoms with E-state index in [-0.39, 0.29) is 24.0 Å². The van der Waals surface area contributed by atoms with Gasteiger partial charge in [0.15, 0.2) is 17.3 Å². The number of carbonyl (C=O) groups excluding carboxylic acids is 3. The zero-order chi connectivity index (χ0) is 29.3. The Labute approximate surface area is 247 Å². The second-order valence-corrected chi connectivity index (χ2v) is 10.2. The van der Waals surface area contributed by atoms with E-state index in [2.05, 4.69) is 10.6 Å². The normalized spacial score (nSPS) is 12.0. The lowest BCUT2D eigenvalue weighted by Gasteiger charge is -2.13. The van der Waals surface area contributed by atoms with Crippen molar-refractivity contribution in [3.05, 3.63) is 119 Å². The molecule has 0 atom stereocenters. The minimum atomic E-state index is -0.510. The van der Waals surface area contributed by atoms with Crippen LogP contribution in [0.4, 0.5) is 5.69 Å². The summed E-state index contributed by atoms with van der Waals surface area (Å²) in [5.41, 5.74) is 2.15. The molecule has 0 spiro atoms. The van der Waals surface area contributed by atoms with Crippen LogP contribution in [0.5, 0.6) is 17.2 Å². The van der Waals surface area contributed by atoms with Gasteiger partial charge in [0.1, 0.15) is 11.4 Å². The minimum absolute atomic E-state index is 0.0482. The highest BCUT2D eigenvalue weighted by atomic mass is 32.2. The monoisotopic (exact) mass is 580 g/mol. The van der Waals surface area contributed by atoms with E-state index in [0.29, 0.717) is 46.2 Å². The molecule has 0 aromatic heterocycles. The summed E-state index contributed by atoms with van der Waals surface area (Å²) in [5, 5.41) is 5.61. The maximum Gasteiger partial charge on any atom is 0.272 e. The van der Waals surface area contributed by atoms with Crippen LogP contribution in [0.15, 0.2) is 108 Å². The first-order valence-electron chi connectivity index (χ1n) is 13.3. The van der Waals surface area contributed by atoms with Crippen LogP contribution in [0.25, 0.3) is 6.08 Å². The maximum absolute atomic E-state index is 13.5. The molecule has 9 heteroatoms. The summed E-state index contributed by atoms with van der Waals surface area (Å²) in [6.45, 7) is 2.47. The summed E-state index contributed by atoms with van der Waals surface area (Å²) in [6.07, 6.45) is 1.59. The molecule has 8 nitrogen and oxygen atoms in total. The standard InChI is InChI=1S/C33H28N2O6S/c1-2-39-29-14-7-6-11-24(29)17-27(35-32(37)22-9-4-3-5-10-22)33(38)34-25-12-8-13-26(19-25)42-20-28(36)23-15-16-30-31(18-23)41-21-40-30/h3-19H,2,20-21H2,1H3,(H,34,38)(H,35,37)/b27-17-. The summed E-state index contributed by atoms with van der Waals surface area (Å²) < 4.78 is 16.4. The molecule has 4 aromatic carbocycles. The summed E-state index contributed by atoms with van der Waals surface area (Å²) >= 11 is 1.35. The number of amides is 2. The van der Waals surface area contributed by atoms with Crippen LogP contribution in [0, 0.1) is 0 Å². The molecule has 2 amide bonds. The van der Waals surface area contributed by atoms with E-state index < -0.39 is 11.8 Å². The molecular weight excluding hydrogens is 552 g/mol. The average molecular weight is 581 g/mol. The molecule has 0 aliphatic carbocycles. The lowest BCUT2D eigenvalue weighted by atomic mass is 10.1. The largest absolute Gasteiger partial charge is 0.493 e. The fourth-order valence-corrected chi connectivity index (χ4v) is 5.00. The zero-order valence-electron chi connectivity index (χ0n) is 22.8. The number of nitrogens with one attached hydrogen (secondary N) is 2. The Bertz CT molecular complexity index is 1640. The Kier molecular flexibility index (Phi) is 9.20. The van der Waals surface area contributed by atoms with Gasteiger partial charge in [0, 0.05) is 27.3 Å².